The monoisotopic (exact) mass is 689 g/mol. The highest BCUT2D eigenvalue weighted by Crippen LogP contribution is 2.48. The summed E-state index contributed by atoms with van der Waals surface area (Å²) in [7, 11) is 2.60. The minimum atomic E-state index is -1.04. The van der Waals surface area contributed by atoms with E-state index in [0.717, 1.165) is 29.4 Å². The first-order chi connectivity index (χ1) is 20.0. The summed E-state index contributed by atoms with van der Waals surface area (Å²) in [6.07, 6.45) is 0.899. The molecule has 4 atom stereocenters. The number of carbonyl (C=O) groups is 3. The second-order valence-electron chi connectivity index (χ2n) is 10.9. The van der Waals surface area contributed by atoms with Gasteiger partial charge < -0.3 is 24.8 Å². The fourth-order valence-corrected chi connectivity index (χ4v) is 6.77. The van der Waals surface area contributed by atoms with Crippen molar-refractivity contribution in [1.29, 1.82) is 0 Å². The number of amides is 3. The van der Waals surface area contributed by atoms with Crippen LogP contribution < -0.4 is 4.74 Å². The van der Waals surface area contributed by atoms with Crippen molar-refractivity contribution in [3.05, 3.63) is 68.3 Å². The number of hydrogen-bond acceptors (Lipinski definition) is 8. The lowest BCUT2D eigenvalue weighted by Crippen LogP contribution is -2.40. The SMILES string of the molecule is COC(=O)N1C(=O)[C@@H]2[C@@H](CC(C(C)C)=C([C@H](O)CC/C(=C/c3cc(I)c(O)c(OC)c3)c3ccccc3)[C@@H]2CO)C1=O. The molecule has 2 aliphatic rings. The predicted octanol–water partition coefficient (Wildman–Crippen LogP) is 5.02. The van der Waals surface area contributed by atoms with Gasteiger partial charge in [0, 0.05) is 5.92 Å². The van der Waals surface area contributed by atoms with Crippen LogP contribution in [0.4, 0.5) is 4.79 Å². The lowest BCUT2D eigenvalue weighted by atomic mass is 9.66. The molecule has 2 aromatic rings. The third-order valence-corrected chi connectivity index (χ3v) is 9.00. The number of aliphatic hydroxyl groups excluding tert-OH is 2. The maximum absolute atomic E-state index is 13.3. The van der Waals surface area contributed by atoms with E-state index in [0.29, 0.717) is 26.2 Å². The van der Waals surface area contributed by atoms with Gasteiger partial charge in [-0.15, -0.1) is 0 Å². The largest absolute Gasteiger partial charge is 0.504 e. The first kappa shape index (κ1) is 31.7. The minimum Gasteiger partial charge on any atom is -0.504 e. The van der Waals surface area contributed by atoms with Crippen molar-refractivity contribution in [3.8, 4) is 11.5 Å². The van der Waals surface area contributed by atoms with Crippen LogP contribution in [0.15, 0.2) is 53.6 Å². The highest BCUT2D eigenvalue weighted by atomic mass is 127. The minimum absolute atomic E-state index is 0.0598. The molecule has 3 N–H and O–H groups in total. The summed E-state index contributed by atoms with van der Waals surface area (Å²) in [6, 6.07) is 13.3. The Hall–Kier alpha value is -3.22. The van der Waals surface area contributed by atoms with Gasteiger partial charge in [-0.3, -0.25) is 9.59 Å². The number of fused-ring (bicyclic) bond motifs is 1. The second kappa shape index (κ2) is 13.4. The number of halogens is 1. The Kier molecular flexibility index (Phi) is 10.1. The predicted molar refractivity (Wildman–Crippen MR) is 165 cm³/mol. The molecule has 0 radical (unpaired) electrons. The number of phenolic OH excluding ortho intramolecular Hbond substituents is 1. The molecule has 0 bridgehead atoms. The van der Waals surface area contributed by atoms with Crippen molar-refractivity contribution in [2.24, 2.45) is 23.7 Å². The molecule has 0 saturated carbocycles. The van der Waals surface area contributed by atoms with Crippen molar-refractivity contribution in [2.45, 2.75) is 39.2 Å². The molecule has 10 heteroatoms. The zero-order chi connectivity index (χ0) is 30.7. The van der Waals surface area contributed by atoms with Crippen molar-refractivity contribution in [1.82, 2.24) is 4.90 Å². The summed E-state index contributed by atoms with van der Waals surface area (Å²) in [5.74, 6) is -3.54. The first-order valence-corrected chi connectivity index (χ1v) is 14.9. The second-order valence-corrected chi connectivity index (χ2v) is 12.0. The molecule has 0 spiro atoms. The zero-order valence-electron chi connectivity index (χ0n) is 24.0. The third-order valence-electron chi connectivity index (χ3n) is 8.17. The number of phenols is 1. The summed E-state index contributed by atoms with van der Waals surface area (Å²) in [6.45, 7) is 3.45. The number of benzene rings is 2. The Morgan fingerprint density at radius 3 is 2.43 bits per heavy atom. The van der Waals surface area contributed by atoms with Gasteiger partial charge in [0.2, 0.25) is 11.8 Å². The van der Waals surface area contributed by atoms with Gasteiger partial charge in [0.05, 0.1) is 42.3 Å². The van der Waals surface area contributed by atoms with Gasteiger partial charge in [0.1, 0.15) is 0 Å². The van der Waals surface area contributed by atoms with E-state index in [4.69, 9.17) is 4.74 Å². The molecular formula is C32H36INO8. The maximum atomic E-state index is 13.3. The van der Waals surface area contributed by atoms with Crippen molar-refractivity contribution in [2.75, 3.05) is 20.8 Å². The number of nitrogens with zero attached hydrogens (tertiary/aromatic N) is 1. The standard InChI is InChI=1S/C32H36INO8/c1-17(2)21-15-22-28(31(39)34(30(22)38)32(40)42-4)23(16-35)27(21)25(36)11-10-20(19-8-6-5-7-9-19)12-18-13-24(33)29(37)26(14-18)41-3/h5-9,12-14,17,22-23,25,28,35-37H,10-11,15-16H2,1-4H3/b20-12-/t22-,23+,25-,28-/m1/s1. The number of methoxy groups -OCH3 is 2. The molecule has 2 aromatic carbocycles. The van der Waals surface area contributed by atoms with Gasteiger partial charge in [-0.05, 0) is 82.2 Å². The number of ether oxygens (including phenoxy) is 2. The summed E-state index contributed by atoms with van der Waals surface area (Å²) < 4.78 is 10.6. The van der Waals surface area contributed by atoms with Crippen LogP contribution in [0.5, 0.6) is 11.5 Å². The van der Waals surface area contributed by atoms with E-state index in [1.54, 1.807) is 6.07 Å². The number of aromatic hydroxyl groups is 1. The molecule has 1 fully saturated rings. The van der Waals surface area contributed by atoms with Crippen LogP contribution >= 0.6 is 22.6 Å². The molecule has 3 amide bonds. The lowest BCUT2D eigenvalue weighted by Gasteiger charge is -2.38. The molecule has 224 valence electrons. The Balaban J connectivity index is 1.69. The van der Waals surface area contributed by atoms with E-state index in [2.05, 4.69) is 4.74 Å². The summed E-state index contributed by atoms with van der Waals surface area (Å²) in [5, 5.41) is 32.5. The highest BCUT2D eigenvalue weighted by molar-refractivity contribution is 14.1. The highest BCUT2D eigenvalue weighted by Gasteiger charge is 2.57. The van der Waals surface area contributed by atoms with Crippen LogP contribution in [-0.2, 0) is 14.3 Å². The number of likely N-dealkylation sites (tertiary alicyclic amines) is 1. The van der Waals surface area contributed by atoms with E-state index < -0.39 is 48.4 Å². The number of carbonyl (C=O) groups excluding carboxylic acids is 3. The summed E-state index contributed by atoms with van der Waals surface area (Å²) in [4.78, 5) is 39.2. The van der Waals surface area contributed by atoms with E-state index in [1.807, 2.05) is 78.9 Å². The summed E-state index contributed by atoms with van der Waals surface area (Å²) >= 11 is 2.05. The van der Waals surface area contributed by atoms with Gasteiger partial charge in [0.15, 0.2) is 11.5 Å². The molecule has 1 aliphatic heterocycles. The quantitative estimate of drug-likeness (QED) is 0.145. The molecule has 9 nitrogen and oxygen atoms in total. The number of rotatable bonds is 9. The van der Waals surface area contributed by atoms with Gasteiger partial charge in [0.25, 0.3) is 0 Å². The average molecular weight is 690 g/mol. The van der Waals surface area contributed by atoms with Gasteiger partial charge >= 0.3 is 6.09 Å². The molecule has 1 heterocycles. The van der Waals surface area contributed by atoms with E-state index >= 15 is 0 Å². The van der Waals surface area contributed by atoms with Crippen molar-refractivity contribution in [3.63, 3.8) is 0 Å². The molecule has 1 aliphatic carbocycles. The van der Waals surface area contributed by atoms with Crippen LogP contribution in [0.2, 0.25) is 0 Å². The Labute approximate surface area is 259 Å². The zero-order valence-corrected chi connectivity index (χ0v) is 26.2. The van der Waals surface area contributed by atoms with Crippen molar-refractivity contribution < 1.29 is 39.2 Å². The fraction of sp³-hybridized carbons (Fsp3) is 0.406. The number of imide groups is 3. The molecule has 0 unspecified atom stereocenters. The number of aliphatic hydroxyl groups is 2. The fourth-order valence-electron chi connectivity index (χ4n) is 6.15. The van der Waals surface area contributed by atoms with E-state index in [-0.39, 0.29) is 24.5 Å². The van der Waals surface area contributed by atoms with Crippen LogP contribution in [-0.4, -0.2) is 65.1 Å². The first-order valence-electron chi connectivity index (χ1n) is 13.8. The topological polar surface area (TPSA) is 134 Å². The van der Waals surface area contributed by atoms with E-state index in [9.17, 15) is 29.7 Å². The van der Waals surface area contributed by atoms with Gasteiger partial charge in [-0.2, -0.15) is 4.90 Å². The molecule has 0 aromatic heterocycles. The normalized spacial score (nSPS) is 21.6. The molecule has 42 heavy (non-hydrogen) atoms. The average Bonchev–Trinajstić information content (AvgIpc) is 3.24. The number of allylic oxidation sites excluding steroid dienone is 2. The smallest absolute Gasteiger partial charge is 0.423 e. The number of hydrogen-bond donors (Lipinski definition) is 3. The molecular weight excluding hydrogens is 653 g/mol. The molecule has 4 rings (SSSR count). The summed E-state index contributed by atoms with van der Waals surface area (Å²) in [5.41, 5.74) is 4.09. The van der Waals surface area contributed by atoms with E-state index in [1.165, 1.54) is 7.11 Å². The van der Waals surface area contributed by atoms with Crippen LogP contribution in [0, 0.1) is 27.2 Å². The van der Waals surface area contributed by atoms with Crippen LogP contribution in [0.3, 0.4) is 0 Å². The lowest BCUT2D eigenvalue weighted by molar-refractivity contribution is -0.137. The van der Waals surface area contributed by atoms with Crippen molar-refractivity contribution >= 4 is 52.1 Å². The van der Waals surface area contributed by atoms with Crippen LogP contribution in [0.25, 0.3) is 11.6 Å². The third kappa shape index (κ3) is 6.11. The maximum Gasteiger partial charge on any atom is 0.423 e. The Bertz CT molecular complexity index is 1420. The Morgan fingerprint density at radius 2 is 1.83 bits per heavy atom. The van der Waals surface area contributed by atoms with Gasteiger partial charge in [-0.1, -0.05) is 55.8 Å². The molecule has 1 saturated heterocycles. The Morgan fingerprint density at radius 1 is 1.14 bits per heavy atom. The van der Waals surface area contributed by atoms with Gasteiger partial charge in [-0.25, -0.2) is 4.79 Å². The van der Waals surface area contributed by atoms with Crippen LogP contribution in [0.1, 0.15) is 44.2 Å².